The number of rotatable bonds is 7. The van der Waals surface area contributed by atoms with Crippen LogP contribution in [0.5, 0.6) is 0 Å². The second-order valence-electron chi connectivity index (χ2n) is 5.56. The molecule has 0 radical (unpaired) electrons. The molecule has 1 aromatic heterocycles. The quantitative estimate of drug-likeness (QED) is 0.764. The van der Waals surface area contributed by atoms with Crippen LogP contribution in [0.2, 0.25) is 0 Å². The highest BCUT2D eigenvalue weighted by molar-refractivity contribution is 6.05. The topological polar surface area (TPSA) is 67.2 Å². The molecule has 0 bridgehead atoms. The lowest BCUT2D eigenvalue weighted by atomic mass is 10.1. The zero-order valence-electron chi connectivity index (χ0n) is 13.0. The minimum absolute atomic E-state index is 0.0329. The van der Waals surface area contributed by atoms with E-state index in [0.717, 1.165) is 18.4 Å². The molecule has 116 valence electrons. The van der Waals surface area contributed by atoms with Crippen molar-refractivity contribution < 1.29 is 9.59 Å². The van der Waals surface area contributed by atoms with Gasteiger partial charge in [0.2, 0.25) is 11.8 Å². The highest BCUT2D eigenvalue weighted by Gasteiger charge is 2.40. The molecule has 1 aromatic rings. The minimum atomic E-state index is -0.380. The van der Waals surface area contributed by atoms with Gasteiger partial charge >= 0.3 is 0 Å². The number of nitrogens with one attached hydrogen (secondary N) is 1. The summed E-state index contributed by atoms with van der Waals surface area (Å²) in [6, 6.07) is -0.347. The second-order valence-corrected chi connectivity index (χ2v) is 5.56. The van der Waals surface area contributed by atoms with Gasteiger partial charge in [-0.15, -0.1) is 0 Å². The Morgan fingerprint density at radius 1 is 1.38 bits per heavy atom. The smallest absolute Gasteiger partial charge is 0.247 e. The summed E-state index contributed by atoms with van der Waals surface area (Å²) in [5.74, 6) is -0.133. The first-order valence-corrected chi connectivity index (χ1v) is 7.65. The standard InChI is InChI=1S/C15H24N4O2/c1-4-12(5-2)19-14(20)8-13(15(19)21)16-6-7-18-10-11(3)9-17-18/h9-10,12-13,16H,4-8H2,1-3H3. The highest BCUT2D eigenvalue weighted by Crippen LogP contribution is 2.20. The van der Waals surface area contributed by atoms with E-state index in [4.69, 9.17) is 0 Å². The van der Waals surface area contributed by atoms with E-state index in [2.05, 4.69) is 10.4 Å². The van der Waals surface area contributed by atoms with Crippen molar-refractivity contribution in [3.8, 4) is 0 Å². The predicted molar refractivity (Wildman–Crippen MR) is 79.6 cm³/mol. The molecule has 0 saturated carbocycles. The van der Waals surface area contributed by atoms with Gasteiger partial charge in [0, 0.05) is 18.8 Å². The molecule has 1 unspecified atom stereocenters. The third-order valence-corrected chi connectivity index (χ3v) is 3.98. The number of hydrogen-bond acceptors (Lipinski definition) is 4. The Bertz CT molecular complexity index is 508. The number of carbonyl (C=O) groups excluding carboxylic acids is 2. The van der Waals surface area contributed by atoms with Crippen LogP contribution in [0.1, 0.15) is 38.7 Å². The molecule has 2 amide bonds. The number of aryl methyl sites for hydroxylation is 1. The zero-order chi connectivity index (χ0) is 15.4. The van der Waals surface area contributed by atoms with Crippen LogP contribution < -0.4 is 5.32 Å². The van der Waals surface area contributed by atoms with Crippen molar-refractivity contribution in [1.82, 2.24) is 20.0 Å². The molecule has 1 saturated heterocycles. The summed E-state index contributed by atoms with van der Waals surface area (Å²) >= 11 is 0. The number of amides is 2. The van der Waals surface area contributed by atoms with Crippen LogP contribution in [0.25, 0.3) is 0 Å². The Kier molecular flexibility index (Phi) is 5.12. The lowest BCUT2D eigenvalue weighted by Gasteiger charge is -2.24. The van der Waals surface area contributed by atoms with Crippen LogP contribution in [0, 0.1) is 6.92 Å². The number of imide groups is 1. The van der Waals surface area contributed by atoms with Gasteiger partial charge in [0.15, 0.2) is 0 Å². The molecule has 1 aliphatic rings. The SMILES string of the molecule is CCC(CC)N1C(=O)CC(NCCn2cc(C)cn2)C1=O. The van der Waals surface area contributed by atoms with Crippen molar-refractivity contribution in [2.24, 2.45) is 0 Å². The van der Waals surface area contributed by atoms with E-state index >= 15 is 0 Å². The maximum atomic E-state index is 12.3. The first kappa shape index (κ1) is 15.7. The highest BCUT2D eigenvalue weighted by atomic mass is 16.2. The fourth-order valence-corrected chi connectivity index (χ4v) is 2.79. The van der Waals surface area contributed by atoms with Gasteiger partial charge in [-0.1, -0.05) is 13.8 Å². The summed E-state index contributed by atoms with van der Waals surface area (Å²) in [6.07, 6.45) is 5.66. The van der Waals surface area contributed by atoms with Crippen molar-refractivity contribution in [2.45, 2.75) is 58.7 Å². The third kappa shape index (κ3) is 3.50. The molecule has 1 atom stereocenters. The second kappa shape index (κ2) is 6.85. The molecule has 0 aliphatic carbocycles. The van der Waals surface area contributed by atoms with E-state index in [-0.39, 0.29) is 30.3 Å². The predicted octanol–water partition coefficient (Wildman–Crippen LogP) is 1.10. The van der Waals surface area contributed by atoms with E-state index in [1.54, 1.807) is 6.20 Å². The molecule has 1 N–H and O–H groups in total. The van der Waals surface area contributed by atoms with E-state index < -0.39 is 0 Å². The summed E-state index contributed by atoms with van der Waals surface area (Å²) in [4.78, 5) is 25.8. The van der Waals surface area contributed by atoms with Crippen molar-refractivity contribution in [3.05, 3.63) is 18.0 Å². The molecule has 0 spiro atoms. The fourth-order valence-electron chi connectivity index (χ4n) is 2.79. The minimum Gasteiger partial charge on any atom is -0.304 e. The van der Waals surface area contributed by atoms with Gasteiger partial charge in [0.25, 0.3) is 0 Å². The maximum Gasteiger partial charge on any atom is 0.247 e. The summed E-state index contributed by atoms with van der Waals surface area (Å²) in [5, 5.41) is 7.38. The largest absolute Gasteiger partial charge is 0.304 e. The number of nitrogens with zero attached hydrogens (tertiary/aromatic N) is 3. The fraction of sp³-hybridized carbons (Fsp3) is 0.667. The lowest BCUT2D eigenvalue weighted by molar-refractivity contribution is -0.141. The van der Waals surface area contributed by atoms with Gasteiger partial charge < -0.3 is 5.32 Å². The molecule has 6 heteroatoms. The number of likely N-dealkylation sites (tertiary alicyclic amines) is 1. The summed E-state index contributed by atoms with van der Waals surface area (Å²) in [6.45, 7) is 7.33. The van der Waals surface area contributed by atoms with E-state index in [1.165, 1.54) is 4.90 Å². The average molecular weight is 292 g/mol. The van der Waals surface area contributed by atoms with E-state index in [1.807, 2.05) is 31.6 Å². The Labute approximate surface area is 125 Å². The number of carbonyl (C=O) groups is 2. The van der Waals surface area contributed by atoms with Crippen LogP contribution in [0.15, 0.2) is 12.4 Å². The Hall–Kier alpha value is -1.69. The Morgan fingerprint density at radius 2 is 2.10 bits per heavy atom. The zero-order valence-corrected chi connectivity index (χ0v) is 13.0. The number of hydrogen-bond donors (Lipinski definition) is 1. The van der Waals surface area contributed by atoms with Crippen LogP contribution in [0.4, 0.5) is 0 Å². The van der Waals surface area contributed by atoms with Crippen molar-refractivity contribution in [2.75, 3.05) is 6.54 Å². The van der Waals surface area contributed by atoms with Gasteiger partial charge in [-0.3, -0.25) is 19.2 Å². The first-order chi connectivity index (χ1) is 10.1. The lowest BCUT2D eigenvalue weighted by Crippen LogP contribution is -2.44. The molecule has 21 heavy (non-hydrogen) atoms. The van der Waals surface area contributed by atoms with Crippen molar-refractivity contribution in [3.63, 3.8) is 0 Å². The molecular formula is C15H24N4O2. The first-order valence-electron chi connectivity index (χ1n) is 7.65. The van der Waals surface area contributed by atoms with Crippen molar-refractivity contribution in [1.29, 1.82) is 0 Å². The Morgan fingerprint density at radius 3 is 2.67 bits per heavy atom. The van der Waals surface area contributed by atoms with Crippen LogP contribution in [0.3, 0.4) is 0 Å². The summed E-state index contributed by atoms with van der Waals surface area (Å²) in [7, 11) is 0. The third-order valence-electron chi connectivity index (χ3n) is 3.98. The van der Waals surface area contributed by atoms with E-state index in [9.17, 15) is 9.59 Å². The Balaban J connectivity index is 1.87. The average Bonchev–Trinajstić information content (AvgIpc) is 2.98. The molecule has 6 nitrogen and oxygen atoms in total. The molecule has 2 heterocycles. The van der Waals surface area contributed by atoms with Gasteiger partial charge in [-0.05, 0) is 25.3 Å². The van der Waals surface area contributed by atoms with Gasteiger partial charge in [0.1, 0.15) is 0 Å². The van der Waals surface area contributed by atoms with Crippen LogP contribution >= 0.6 is 0 Å². The molecular weight excluding hydrogens is 268 g/mol. The molecule has 0 aromatic carbocycles. The van der Waals surface area contributed by atoms with Gasteiger partial charge in [-0.25, -0.2) is 0 Å². The molecule has 1 aliphatic heterocycles. The summed E-state index contributed by atoms with van der Waals surface area (Å²) < 4.78 is 1.84. The van der Waals surface area contributed by atoms with Gasteiger partial charge in [-0.2, -0.15) is 5.10 Å². The van der Waals surface area contributed by atoms with Crippen LogP contribution in [-0.2, 0) is 16.1 Å². The van der Waals surface area contributed by atoms with Gasteiger partial charge in [0.05, 0.1) is 25.2 Å². The molecule has 1 fully saturated rings. The van der Waals surface area contributed by atoms with Crippen molar-refractivity contribution >= 4 is 11.8 Å². The molecule has 2 rings (SSSR count). The number of aromatic nitrogens is 2. The normalized spacial score (nSPS) is 19.0. The van der Waals surface area contributed by atoms with E-state index in [0.29, 0.717) is 13.1 Å². The van der Waals surface area contributed by atoms with Crippen LogP contribution in [-0.4, -0.2) is 45.1 Å². The summed E-state index contributed by atoms with van der Waals surface area (Å²) in [5.41, 5.74) is 1.11. The maximum absolute atomic E-state index is 12.3. The monoisotopic (exact) mass is 292 g/mol.